The van der Waals surface area contributed by atoms with E-state index in [2.05, 4.69) is 41.2 Å². The fraction of sp³-hybridized carbons (Fsp3) is 0.471. The fourth-order valence-electron chi connectivity index (χ4n) is 2.75. The predicted octanol–water partition coefficient (Wildman–Crippen LogP) is 4.78. The standard InChI is InChI=1S/C17H21ClN2S/c1-20(10-13-3-2-4-13)11-14-5-7-15(8-6-14)17-19-16(9-18)12-21-17/h5-8,12-13H,2-4,9-11H2,1H3. The van der Waals surface area contributed by atoms with Crippen molar-refractivity contribution < 1.29 is 0 Å². The van der Waals surface area contributed by atoms with Crippen LogP contribution in [0.25, 0.3) is 10.6 Å². The first-order valence-electron chi connectivity index (χ1n) is 7.53. The van der Waals surface area contributed by atoms with Crippen LogP contribution in [0.4, 0.5) is 0 Å². The lowest BCUT2D eigenvalue weighted by molar-refractivity contribution is 0.200. The van der Waals surface area contributed by atoms with Crippen molar-refractivity contribution in [2.45, 2.75) is 31.7 Å². The molecule has 112 valence electrons. The van der Waals surface area contributed by atoms with Gasteiger partial charge >= 0.3 is 0 Å². The molecule has 1 aromatic carbocycles. The van der Waals surface area contributed by atoms with Gasteiger partial charge in [0.2, 0.25) is 0 Å². The SMILES string of the molecule is CN(Cc1ccc(-c2nc(CCl)cs2)cc1)CC1CCC1. The van der Waals surface area contributed by atoms with Crippen molar-refractivity contribution in [1.29, 1.82) is 0 Å². The molecule has 3 rings (SSSR count). The molecule has 0 spiro atoms. The predicted molar refractivity (Wildman–Crippen MR) is 90.8 cm³/mol. The zero-order chi connectivity index (χ0) is 14.7. The number of hydrogen-bond donors (Lipinski definition) is 0. The maximum Gasteiger partial charge on any atom is 0.123 e. The van der Waals surface area contributed by atoms with Gasteiger partial charge in [-0.05, 0) is 31.4 Å². The summed E-state index contributed by atoms with van der Waals surface area (Å²) in [5, 5.41) is 3.09. The minimum atomic E-state index is 0.487. The van der Waals surface area contributed by atoms with Gasteiger partial charge < -0.3 is 4.90 Å². The third kappa shape index (κ3) is 3.85. The van der Waals surface area contributed by atoms with Crippen LogP contribution in [-0.2, 0) is 12.4 Å². The van der Waals surface area contributed by atoms with Gasteiger partial charge in [-0.25, -0.2) is 4.98 Å². The number of thiazole rings is 1. The summed E-state index contributed by atoms with van der Waals surface area (Å²) in [6.07, 6.45) is 4.25. The van der Waals surface area contributed by atoms with Crippen LogP contribution in [0.2, 0.25) is 0 Å². The minimum Gasteiger partial charge on any atom is -0.302 e. The molecule has 0 atom stereocenters. The fourth-order valence-corrected chi connectivity index (χ4v) is 3.80. The highest BCUT2D eigenvalue weighted by Gasteiger charge is 2.18. The van der Waals surface area contributed by atoms with Gasteiger partial charge in [0.25, 0.3) is 0 Å². The van der Waals surface area contributed by atoms with Crippen molar-refractivity contribution in [3.05, 3.63) is 40.9 Å². The van der Waals surface area contributed by atoms with Crippen molar-refractivity contribution in [2.24, 2.45) is 5.92 Å². The Balaban J connectivity index is 1.60. The summed E-state index contributed by atoms with van der Waals surface area (Å²) >= 11 is 7.47. The molecule has 1 aliphatic rings. The Bertz CT molecular complexity index is 575. The number of aromatic nitrogens is 1. The topological polar surface area (TPSA) is 16.1 Å². The molecular formula is C17H21ClN2S. The minimum absolute atomic E-state index is 0.487. The third-order valence-electron chi connectivity index (χ3n) is 4.14. The van der Waals surface area contributed by atoms with E-state index in [1.165, 1.54) is 36.9 Å². The Kier molecular flexibility index (Phi) is 4.94. The van der Waals surface area contributed by atoms with Crippen molar-refractivity contribution in [3.63, 3.8) is 0 Å². The molecule has 0 amide bonds. The van der Waals surface area contributed by atoms with Gasteiger partial charge in [-0.3, -0.25) is 0 Å². The number of hydrogen-bond acceptors (Lipinski definition) is 3. The smallest absolute Gasteiger partial charge is 0.123 e. The van der Waals surface area contributed by atoms with E-state index in [-0.39, 0.29) is 0 Å². The summed E-state index contributed by atoms with van der Waals surface area (Å²) in [6.45, 7) is 2.26. The maximum absolute atomic E-state index is 5.81. The van der Waals surface area contributed by atoms with E-state index >= 15 is 0 Å². The van der Waals surface area contributed by atoms with Gasteiger partial charge in [0.15, 0.2) is 0 Å². The highest BCUT2D eigenvalue weighted by Crippen LogP contribution is 2.28. The first kappa shape index (κ1) is 15.0. The van der Waals surface area contributed by atoms with Crippen LogP contribution in [0.3, 0.4) is 0 Å². The van der Waals surface area contributed by atoms with E-state index in [1.807, 2.05) is 5.38 Å². The molecule has 0 aliphatic heterocycles. The molecule has 1 fully saturated rings. The molecule has 21 heavy (non-hydrogen) atoms. The van der Waals surface area contributed by atoms with Gasteiger partial charge in [-0.1, -0.05) is 30.7 Å². The quantitative estimate of drug-likeness (QED) is 0.712. The van der Waals surface area contributed by atoms with Crippen LogP contribution in [-0.4, -0.2) is 23.5 Å². The Hall–Kier alpha value is -0.900. The van der Waals surface area contributed by atoms with Crippen LogP contribution >= 0.6 is 22.9 Å². The number of benzene rings is 1. The van der Waals surface area contributed by atoms with Crippen LogP contribution in [0, 0.1) is 5.92 Å². The second-order valence-electron chi connectivity index (χ2n) is 5.97. The van der Waals surface area contributed by atoms with Crippen LogP contribution in [0.15, 0.2) is 29.6 Å². The lowest BCUT2D eigenvalue weighted by Gasteiger charge is -2.30. The molecule has 2 aromatic rings. The van der Waals surface area contributed by atoms with Gasteiger partial charge in [-0.15, -0.1) is 22.9 Å². The van der Waals surface area contributed by atoms with E-state index in [0.717, 1.165) is 23.2 Å². The largest absolute Gasteiger partial charge is 0.302 e. The highest BCUT2D eigenvalue weighted by atomic mass is 35.5. The molecular weight excluding hydrogens is 300 g/mol. The summed E-state index contributed by atoms with van der Waals surface area (Å²) < 4.78 is 0. The number of alkyl halides is 1. The number of rotatable bonds is 6. The summed E-state index contributed by atoms with van der Waals surface area (Å²) in [5.41, 5.74) is 3.51. The lowest BCUT2D eigenvalue weighted by Crippen LogP contribution is -2.29. The van der Waals surface area contributed by atoms with Crippen LogP contribution in [0.5, 0.6) is 0 Å². The summed E-state index contributed by atoms with van der Waals surface area (Å²) in [5.74, 6) is 1.42. The van der Waals surface area contributed by atoms with Gasteiger partial charge in [0.1, 0.15) is 5.01 Å². The Labute approximate surface area is 135 Å². The normalized spacial score (nSPS) is 15.4. The van der Waals surface area contributed by atoms with Crippen LogP contribution in [0.1, 0.15) is 30.5 Å². The molecule has 0 bridgehead atoms. The first-order chi connectivity index (χ1) is 10.2. The molecule has 1 saturated carbocycles. The van der Waals surface area contributed by atoms with Gasteiger partial charge in [-0.2, -0.15) is 0 Å². The molecule has 0 unspecified atom stereocenters. The summed E-state index contributed by atoms with van der Waals surface area (Å²) in [6, 6.07) is 8.77. The second kappa shape index (κ2) is 6.91. The van der Waals surface area contributed by atoms with E-state index in [4.69, 9.17) is 11.6 Å². The Morgan fingerprint density at radius 1 is 1.29 bits per heavy atom. The average molecular weight is 321 g/mol. The Morgan fingerprint density at radius 3 is 2.62 bits per heavy atom. The van der Waals surface area contributed by atoms with Crippen molar-refractivity contribution in [3.8, 4) is 10.6 Å². The average Bonchev–Trinajstić information content (AvgIpc) is 2.93. The molecule has 1 aliphatic carbocycles. The van der Waals surface area contributed by atoms with Crippen LogP contribution < -0.4 is 0 Å². The number of halogens is 1. The molecule has 2 nitrogen and oxygen atoms in total. The van der Waals surface area contributed by atoms with E-state index < -0.39 is 0 Å². The molecule has 4 heteroatoms. The van der Waals surface area contributed by atoms with E-state index in [1.54, 1.807) is 11.3 Å². The molecule has 0 radical (unpaired) electrons. The summed E-state index contributed by atoms with van der Waals surface area (Å²) in [4.78, 5) is 6.96. The monoisotopic (exact) mass is 320 g/mol. The highest BCUT2D eigenvalue weighted by molar-refractivity contribution is 7.13. The van der Waals surface area contributed by atoms with Crippen molar-refractivity contribution in [2.75, 3.05) is 13.6 Å². The van der Waals surface area contributed by atoms with E-state index in [0.29, 0.717) is 5.88 Å². The second-order valence-corrected chi connectivity index (χ2v) is 7.09. The zero-order valence-electron chi connectivity index (χ0n) is 12.4. The van der Waals surface area contributed by atoms with Gasteiger partial charge in [0.05, 0.1) is 11.6 Å². The first-order valence-corrected chi connectivity index (χ1v) is 8.94. The third-order valence-corrected chi connectivity index (χ3v) is 5.35. The van der Waals surface area contributed by atoms with E-state index in [9.17, 15) is 0 Å². The molecule has 0 saturated heterocycles. The molecule has 1 heterocycles. The zero-order valence-corrected chi connectivity index (χ0v) is 14.0. The molecule has 0 N–H and O–H groups in total. The molecule has 1 aromatic heterocycles. The van der Waals surface area contributed by atoms with Gasteiger partial charge in [0, 0.05) is 24.0 Å². The van der Waals surface area contributed by atoms with Crippen molar-refractivity contribution in [1.82, 2.24) is 9.88 Å². The Morgan fingerprint density at radius 2 is 2.05 bits per heavy atom. The maximum atomic E-state index is 5.81. The van der Waals surface area contributed by atoms with Crippen molar-refractivity contribution >= 4 is 22.9 Å². The lowest BCUT2D eigenvalue weighted by atomic mass is 9.85. The number of nitrogens with zero attached hydrogens (tertiary/aromatic N) is 2. The summed E-state index contributed by atoms with van der Waals surface area (Å²) in [7, 11) is 2.22.